The molecule has 3 N–H and O–H groups in total. The molecule has 0 bridgehead atoms. The van der Waals surface area contributed by atoms with Crippen molar-refractivity contribution in [2.75, 3.05) is 11.5 Å². The number of hydrogen-bond acceptors (Lipinski definition) is 5. The van der Waals surface area contributed by atoms with E-state index in [-0.39, 0.29) is 17.2 Å². The maximum atomic E-state index is 12.2. The Morgan fingerprint density at radius 1 is 1.33 bits per heavy atom. The van der Waals surface area contributed by atoms with Crippen LogP contribution in [-0.2, 0) is 22.8 Å². The Morgan fingerprint density at radius 3 is 2.62 bits per heavy atom. The summed E-state index contributed by atoms with van der Waals surface area (Å²) in [7, 11) is -3.54. The number of anilines is 1. The molecule has 114 valence electrons. The quantitative estimate of drug-likeness (QED) is 0.771. The van der Waals surface area contributed by atoms with E-state index in [9.17, 15) is 13.5 Å². The number of hydrogen-bond donors (Lipinski definition) is 2. The summed E-state index contributed by atoms with van der Waals surface area (Å²) in [6.07, 6.45) is 3.11. The predicted octanol–water partition coefficient (Wildman–Crippen LogP) is 0.863. The molecule has 1 heterocycles. The van der Waals surface area contributed by atoms with Crippen LogP contribution in [0.25, 0.3) is 0 Å². The van der Waals surface area contributed by atoms with E-state index in [0.29, 0.717) is 5.69 Å². The van der Waals surface area contributed by atoms with Gasteiger partial charge in [0.1, 0.15) is 5.82 Å². The number of nitrogens with two attached hydrogens (primary N) is 1. The van der Waals surface area contributed by atoms with Crippen LogP contribution in [0.5, 0.6) is 0 Å². The maximum absolute atomic E-state index is 12.2. The number of nitrogen functional groups attached to an aromatic ring is 1. The van der Waals surface area contributed by atoms with Crippen LogP contribution in [0.3, 0.4) is 0 Å². The van der Waals surface area contributed by atoms with Crippen molar-refractivity contribution in [3.63, 3.8) is 0 Å². The molecule has 1 aromatic carbocycles. The Hall–Kier alpha value is -1.86. The monoisotopic (exact) mass is 309 g/mol. The zero-order chi connectivity index (χ0) is 15.5. The smallest absolute Gasteiger partial charge is 0.180 e. The summed E-state index contributed by atoms with van der Waals surface area (Å²) in [5, 5.41) is 10.0. The molecule has 0 aliphatic heterocycles. The van der Waals surface area contributed by atoms with Gasteiger partial charge in [-0.25, -0.2) is 13.4 Å². The molecule has 0 saturated heterocycles. The van der Waals surface area contributed by atoms with Crippen molar-refractivity contribution in [2.45, 2.75) is 30.9 Å². The zero-order valence-corrected chi connectivity index (χ0v) is 12.6. The summed E-state index contributed by atoms with van der Waals surface area (Å²) >= 11 is 0. The second-order valence-electron chi connectivity index (χ2n) is 4.85. The third kappa shape index (κ3) is 3.83. The van der Waals surface area contributed by atoms with Crippen LogP contribution >= 0.6 is 0 Å². The minimum Gasteiger partial charge on any atom is -0.399 e. The molecule has 6 nitrogen and oxygen atoms in total. The van der Waals surface area contributed by atoms with Gasteiger partial charge in [-0.3, -0.25) is 0 Å². The minimum absolute atomic E-state index is 0.164. The highest BCUT2D eigenvalue weighted by molar-refractivity contribution is 7.91. The SMILES string of the molecule is CCc1nccn1CC(O)CS(=O)(=O)c1ccc(N)cc1. The molecule has 0 aliphatic carbocycles. The van der Waals surface area contributed by atoms with E-state index in [1.165, 1.54) is 24.3 Å². The van der Waals surface area contributed by atoms with Crippen LogP contribution in [0.15, 0.2) is 41.6 Å². The number of rotatable bonds is 6. The number of imidazole rings is 1. The molecule has 0 amide bonds. The van der Waals surface area contributed by atoms with Crippen molar-refractivity contribution in [3.05, 3.63) is 42.5 Å². The summed E-state index contributed by atoms with van der Waals surface area (Å²) in [5.74, 6) is 0.483. The highest BCUT2D eigenvalue weighted by atomic mass is 32.2. The normalized spacial score (nSPS) is 13.2. The number of aliphatic hydroxyl groups is 1. The predicted molar refractivity (Wildman–Crippen MR) is 80.5 cm³/mol. The zero-order valence-electron chi connectivity index (χ0n) is 11.8. The van der Waals surface area contributed by atoms with Crippen molar-refractivity contribution >= 4 is 15.5 Å². The van der Waals surface area contributed by atoms with Crippen LogP contribution in [0, 0.1) is 0 Å². The highest BCUT2D eigenvalue weighted by Gasteiger charge is 2.20. The topological polar surface area (TPSA) is 98.2 Å². The second-order valence-corrected chi connectivity index (χ2v) is 6.89. The van der Waals surface area contributed by atoms with E-state index in [1.807, 2.05) is 6.92 Å². The molecule has 7 heteroatoms. The van der Waals surface area contributed by atoms with Gasteiger partial charge in [0.05, 0.1) is 23.3 Å². The number of aromatic nitrogens is 2. The van der Waals surface area contributed by atoms with Gasteiger partial charge < -0.3 is 15.4 Å². The van der Waals surface area contributed by atoms with Crippen LogP contribution < -0.4 is 5.73 Å². The number of sulfone groups is 1. The number of aryl methyl sites for hydroxylation is 1. The van der Waals surface area contributed by atoms with Gasteiger partial charge in [0.15, 0.2) is 9.84 Å². The average molecular weight is 309 g/mol. The number of aliphatic hydroxyl groups excluding tert-OH is 1. The van der Waals surface area contributed by atoms with Crippen molar-refractivity contribution in [2.24, 2.45) is 0 Å². The average Bonchev–Trinajstić information content (AvgIpc) is 2.85. The Morgan fingerprint density at radius 2 is 2.00 bits per heavy atom. The van der Waals surface area contributed by atoms with Gasteiger partial charge in [-0.2, -0.15) is 0 Å². The molecule has 0 fully saturated rings. The third-order valence-corrected chi connectivity index (χ3v) is 4.99. The van der Waals surface area contributed by atoms with E-state index >= 15 is 0 Å². The van der Waals surface area contributed by atoms with Crippen molar-refractivity contribution in [1.82, 2.24) is 9.55 Å². The Kier molecular flexibility index (Phi) is 4.64. The van der Waals surface area contributed by atoms with E-state index < -0.39 is 15.9 Å². The maximum Gasteiger partial charge on any atom is 0.180 e. The lowest BCUT2D eigenvalue weighted by atomic mass is 10.3. The van der Waals surface area contributed by atoms with E-state index in [2.05, 4.69) is 4.98 Å². The fraction of sp³-hybridized carbons (Fsp3) is 0.357. The first-order valence-corrected chi connectivity index (χ1v) is 8.34. The summed E-state index contributed by atoms with van der Waals surface area (Å²) in [5.41, 5.74) is 6.04. The molecule has 1 atom stereocenters. The summed E-state index contributed by atoms with van der Waals surface area (Å²) in [4.78, 5) is 4.30. The van der Waals surface area contributed by atoms with E-state index in [0.717, 1.165) is 12.2 Å². The summed E-state index contributed by atoms with van der Waals surface area (Å²) in [6.45, 7) is 2.16. The van der Waals surface area contributed by atoms with Crippen LogP contribution in [-0.4, -0.2) is 34.9 Å². The van der Waals surface area contributed by atoms with Gasteiger partial charge in [0, 0.05) is 24.5 Å². The first kappa shape index (κ1) is 15.5. The van der Waals surface area contributed by atoms with Crippen LogP contribution in [0.4, 0.5) is 5.69 Å². The van der Waals surface area contributed by atoms with Gasteiger partial charge in [-0.1, -0.05) is 6.92 Å². The minimum atomic E-state index is -3.54. The van der Waals surface area contributed by atoms with Gasteiger partial charge in [0.2, 0.25) is 0 Å². The van der Waals surface area contributed by atoms with Gasteiger partial charge in [-0.05, 0) is 24.3 Å². The van der Waals surface area contributed by atoms with Crippen molar-refractivity contribution in [3.8, 4) is 0 Å². The first-order chi connectivity index (χ1) is 9.92. The summed E-state index contributed by atoms with van der Waals surface area (Å²) < 4.78 is 26.2. The van der Waals surface area contributed by atoms with Gasteiger partial charge in [0.25, 0.3) is 0 Å². The van der Waals surface area contributed by atoms with E-state index in [4.69, 9.17) is 5.73 Å². The number of benzene rings is 1. The molecular formula is C14H19N3O3S. The van der Waals surface area contributed by atoms with E-state index in [1.54, 1.807) is 17.0 Å². The fourth-order valence-corrected chi connectivity index (χ4v) is 3.48. The Balaban J connectivity index is 2.08. The second kappa shape index (κ2) is 6.28. The molecule has 2 aromatic rings. The molecule has 21 heavy (non-hydrogen) atoms. The molecule has 1 aromatic heterocycles. The van der Waals surface area contributed by atoms with Gasteiger partial charge in [-0.15, -0.1) is 0 Å². The molecule has 0 spiro atoms. The molecule has 0 radical (unpaired) electrons. The Bertz CT molecular complexity index is 693. The molecule has 0 aliphatic rings. The molecule has 0 saturated carbocycles. The first-order valence-electron chi connectivity index (χ1n) is 6.68. The summed E-state index contributed by atoms with van der Waals surface area (Å²) in [6, 6.07) is 5.97. The molecule has 1 unspecified atom stereocenters. The third-order valence-electron chi connectivity index (χ3n) is 3.18. The fourth-order valence-electron chi connectivity index (χ4n) is 2.13. The van der Waals surface area contributed by atoms with Crippen molar-refractivity contribution in [1.29, 1.82) is 0 Å². The number of nitrogens with zero attached hydrogens (tertiary/aromatic N) is 2. The molecule has 2 rings (SSSR count). The lowest BCUT2D eigenvalue weighted by molar-refractivity contribution is 0.174. The molecular weight excluding hydrogens is 290 g/mol. The standard InChI is InChI=1S/C14H19N3O3S/c1-2-14-16-7-8-17(14)9-12(18)10-21(19,20)13-5-3-11(15)4-6-13/h3-8,12,18H,2,9-10,15H2,1H3. The van der Waals surface area contributed by atoms with Crippen molar-refractivity contribution < 1.29 is 13.5 Å². The van der Waals surface area contributed by atoms with Gasteiger partial charge >= 0.3 is 0 Å². The lowest BCUT2D eigenvalue weighted by Crippen LogP contribution is -2.26. The Labute approximate surface area is 124 Å². The highest BCUT2D eigenvalue weighted by Crippen LogP contribution is 2.15. The van der Waals surface area contributed by atoms with Crippen LogP contribution in [0.2, 0.25) is 0 Å². The lowest BCUT2D eigenvalue weighted by Gasteiger charge is -2.13. The van der Waals surface area contributed by atoms with Crippen LogP contribution in [0.1, 0.15) is 12.7 Å². The largest absolute Gasteiger partial charge is 0.399 e.